The van der Waals surface area contributed by atoms with E-state index in [0.717, 1.165) is 0 Å². The summed E-state index contributed by atoms with van der Waals surface area (Å²) in [6.07, 6.45) is -4.75. The molecule has 4 saturated heterocycles. The second-order valence-electron chi connectivity index (χ2n) is 19.3. The van der Waals surface area contributed by atoms with Gasteiger partial charge in [0.25, 0.3) is 0 Å². The van der Waals surface area contributed by atoms with Crippen molar-refractivity contribution in [2.75, 3.05) is 139 Å². The summed E-state index contributed by atoms with van der Waals surface area (Å²) in [5.74, 6) is -1.10. The lowest BCUT2D eigenvalue weighted by Gasteiger charge is -2.42. The Kier molecular flexibility index (Phi) is 28.1. The van der Waals surface area contributed by atoms with Crippen LogP contribution in [0.15, 0.2) is 12.4 Å². The van der Waals surface area contributed by atoms with Gasteiger partial charge in [-0.1, -0.05) is 10.4 Å². The van der Waals surface area contributed by atoms with Crippen molar-refractivity contribution in [1.82, 2.24) is 45.9 Å². The number of aromatic nitrogens is 6. The lowest BCUT2D eigenvalue weighted by molar-refractivity contribution is -0.238. The minimum atomic E-state index is -1.42. The van der Waals surface area contributed by atoms with E-state index in [9.17, 15) is 39.6 Å². The summed E-state index contributed by atoms with van der Waals surface area (Å²) in [5, 5.41) is 75.5. The molecule has 0 saturated carbocycles. The van der Waals surface area contributed by atoms with Crippen LogP contribution in [-0.2, 0) is 112 Å². The highest BCUT2D eigenvalue weighted by Gasteiger charge is 2.61. The number of fused-ring (bicyclic) bond motifs is 4. The summed E-state index contributed by atoms with van der Waals surface area (Å²) in [7, 11) is 0. The number of aliphatic hydroxyl groups excluding tert-OH is 4. The van der Waals surface area contributed by atoms with Crippen LogP contribution in [0.3, 0.4) is 0 Å². The summed E-state index contributed by atoms with van der Waals surface area (Å²) in [6, 6.07) is -2.35. The van der Waals surface area contributed by atoms with Gasteiger partial charge in [-0.05, 0) is 6.42 Å². The summed E-state index contributed by atoms with van der Waals surface area (Å²) >= 11 is 0. The van der Waals surface area contributed by atoms with Gasteiger partial charge in [-0.15, -0.1) is 10.2 Å². The number of aliphatic hydroxyl groups is 4. The van der Waals surface area contributed by atoms with Crippen LogP contribution < -0.4 is 16.0 Å². The second-order valence-corrected chi connectivity index (χ2v) is 19.3. The van der Waals surface area contributed by atoms with Gasteiger partial charge in [0.05, 0.1) is 183 Å². The first-order valence-electron chi connectivity index (χ1n) is 26.7. The first-order chi connectivity index (χ1) is 39.2. The van der Waals surface area contributed by atoms with E-state index in [1.54, 1.807) is 21.8 Å². The molecule has 460 valence electrons. The zero-order valence-corrected chi connectivity index (χ0v) is 45.6. The van der Waals surface area contributed by atoms with E-state index in [2.05, 4.69) is 41.3 Å². The van der Waals surface area contributed by atoms with Crippen LogP contribution in [0.25, 0.3) is 0 Å². The molecule has 81 heavy (non-hydrogen) atoms. The number of nitrogens with one attached hydrogen (secondary N) is 3. The summed E-state index contributed by atoms with van der Waals surface area (Å²) < 4.78 is 87.0. The monoisotopic (exact) mass is 1170 g/mol. The van der Waals surface area contributed by atoms with Crippen LogP contribution in [0.1, 0.15) is 38.1 Å². The third-order valence-electron chi connectivity index (χ3n) is 12.8. The zero-order valence-electron chi connectivity index (χ0n) is 45.6. The Morgan fingerprint density at radius 1 is 0.593 bits per heavy atom. The van der Waals surface area contributed by atoms with Crippen molar-refractivity contribution in [3.63, 3.8) is 0 Å². The summed E-state index contributed by atoms with van der Waals surface area (Å²) in [5.41, 5.74) is -1.39. The molecule has 4 aliphatic rings. The van der Waals surface area contributed by atoms with Gasteiger partial charge in [0, 0.05) is 20.3 Å². The Bertz CT molecular complexity index is 2040. The molecule has 0 aliphatic carbocycles. The van der Waals surface area contributed by atoms with Crippen LogP contribution in [-0.4, -0.2) is 284 Å². The zero-order chi connectivity index (χ0) is 57.9. The van der Waals surface area contributed by atoms with Gasteiger partial charge < -0.3 is 113 Å². The smallest absolute Gasteiger partial charge is 0.450 e. The van der Waals surface area contributed by atoms with Gasteiger partial charge >= 0.3 is 6.16 Å². The van der Waals surface area contributed by atoms with Crippen molar-refractivity contribution >= 4 is 23.9 Å². The Hall–Kier alpha value is -4.76. The van der Waals surface area contributed by atoms with Crippen molar-refractivity contribution in [1.29, 1.82) is 0 Å². The maximum atomic E-state index is 12.7. The average molecular weight is 1170 g/mol. The van der Waals surface area contributed by atoms with E-state index >= 15 is 0 Å². The fourth-order valence-corrected chi connectivity index (χ4v) is 8.73. The molecule has 8 N–H and O–H groups in total. The fourth-order valence-electron chi connectivity index (χ4n) is 8.73. The highest BCUT2D eigenvalue weighted by atomic mass is 16.8. The lowest BCUT2D eigenvalue weighted by atomic mass is 9.88. The van der Waals surface area contributed by atoms with E-state index < -0.39 is 72.5 Å². The van der Waals surface area contributed by atoms with E-state index in [1.165, 1.54) is 13.8 Å². The lowest BCUT2D eigenvalue weighted by Crippen LogP contribution is -2.66. The van der Waals surface area contributed by atoms with E-state index in [1.807, 2.05) is 0 Å². The van der Waals surface area contributed by atoms with Crippen molar-refractivity contribution in [3.8, 4) is 0 Å². The summed E-state index contributed by atoms with van der Waals surface area (Å²) in [4.78, 5) is 46.3. The maximum absolute atomic E-state index is 12.7. The highest BCUT2D eigenvalue weighted by Crippen LogP contribution is 2.38. The van der Waals surface area contributed by atoms with Crippen molar-refractivity contribution in [2.24, 2.45) is 0 Å². The van der Waals surface area contributed by atoms with Gasteiger partial charge in [0.2, 0.25) is 17.7 Å². The third-order valence-corrected chi connectivity index (χ3v) is 12.8. The molecule has 4 fully saturated rings. The normalized spacial score (nSPS) is 26.1. The molecule has 2 aromatic heterocycles. The second kappa shape index (κ2) is 34.8. The molecule has 33 heteroatoms. The van der Waals surface area contributed by atoms with Gasteiger partial charge in [-0.2, -0.15) is 0 Å². The molecule has 6 heterocycles. The number of hydrogen-bond donors (Lipinski definition) is 8. The Morgan fingerprint density at radius 2 is 0.988 bits per heavy atom. The number of hydrogen-bond acceptors (Lipinski definition) is 27. The topological polar surface area (TPSA) is 405 Å². The molecule has 2 aromatic rings. The first-order valence-corrected chi connectivity index (χ1v) is 26.7. The predicted octanol–water partition coefficient (Wildman–Crippen LogP) is -4.60. The first kappa shape index (κ1) is 65.4. The molecular weight excluding hydrogens is 1090 g/mol. The molecule has 10 atom stereocenters. The van der Waals surface area contributed by atoms with E-state index in [-0.39, 0.29) is 116 Å². The van der Waals surface area contributed by atoms with Gasteiger partial charge in [-0.25, -0.2) is 14.2 Å². The van der Waals surface area contributed by atoms with Crippen LogP contribution in [0.5, 0.6) is 0 Å². The number of carbonyl (C=O) groups excluding carboxylic acids is 3. The molecule has 0 aromatic carbocycles. The van der Waals surface area contributed by atoms with Crippen LogP contribution in [0, 0.1) is 0 Å². The number of ether oxygens (including phenoxy) is 15. The van der Waals surface area contributed by atoms with Crippen LogP contribution in [0.2, 0.25) is 0 Å². The maximum Gasteiger partial charge on any atom is 0.505 e. The largest absolute Gasteiger partial charge is 0.505 e. The summed E-state index contributed by atoms with van der Waals surface area (Å²) in [6.45, 7) is 7.86. The fraction of sp³-hybridized carbons (Fsp3) is 0.833. The minimum Gasteiger partial charge on any atom is -0.450 e. The quantitative estimate of drug-likeness (QED) is 0.0229. The SMILES string of the molecule is CC(=O)N[C@H]1[C@H]2OC[C@](COCCOCCOCCOCCn3cc(COCC(COCc4cn(CCOCCOCCOCCOC[C@@]56CO[C@@H](O5)[C@H](NC(C)=O)[C@@H](O)[C@H]6O)nn4)NC(=O)CCCOC(=O)O)nn3)(O2)[C@H](O)[C@@H]1O. The average Bonchev–Trinajstić information content (AvgIpc) is 3.41. The van der Waals surface area contributed by atoms with Crippen LogP contribution >= 0.6 is 0 Å². The minimum absolute atomic E-state index is 0.00379. The van der Waals surface area contributed by atoms with Gasteiger partial charge in [0.1, 0.15) is 59.1 Å². The molecule has 4 aliphatic heterocycles. The third kappa shape index (κ3) is 21.7. The van der Waals surface area contributed by atoms with Gasteiger partial charge in [-0.3, -0.25) is 14.4 Å². The highest BCUT2D eigenvalue weighted by molar-refractivity contribution is 5.76. The van der Waals surface area contributed by atoms with Gasteiger partial charge in [0.15, 0.2) is 12.6 Å². The molecule has 3 amide bonds. The molecule has 4 bridgehead atoms. The Morgan fingerprint density at radius 3 is 1.38 bits per heavy atom. The molecule has 0 radical (unpaired) electrons. The van der Waals surface area contributed by atoms with E-state index in [0.29, 0.717) is 90.5 Å². The molecule has 33 nitrogen and oxygen atoms in total. The molecular formula is C48H79N9O24. The number of nitrogens with zero attached hydrogens (tertiary/aromatic N) is 6. The molecule has 0 spiro atoms. The van der Waals surface area contributed by atoms with Crippen LogP contribution in [0.4, 0.5) is 4.79 Å². The number of carbonyl (C=O) groups is 4. The van der Waals surface area contributed by atoms with E-state index in [4.69, 9.17) is 71.4 Å². The Balaban J connectivity index is 0.750. The number of carboxylic acid groups (broad SMARTS) is 1. The molecule has 6 rings (SSSR count). The predicted molar refractivity (Wildman–Crippen MR) is 267 cm³/mol. The van der Waals surface area contributed by atoms with Crippen molar-refractivity contribution < 1.29 is 116 Å². The van der Waals surface area contributed by atoms with Crippen molar-refractivity contribution in [2.45, 2.75) is 119 Å². The molecule has 0 unspecified atom stereocenters. The van der Waals surface area contributed by atoms with Crippen molar-refractivity contribution in [3.05, 3.63) is 23.8 Å². The standard InChI is InChI=1S/C48H79N9O24/c1-32(58)49-38-40(61)42(63)47(30-78-44(38)80-47)28-73-20-18-71-16-14-69-12-10-67-8-5-56-22-34(52-54-56)24-75-26-36(51-37(60)4-3-7-77-46(65)66)27-76-25-35-23-57(55-53-35)6-9-68-11-13-70-15-17-72-19-21-74-29-48-31-79-45(81-48)39(50-33(2)59)41(62)43(48)64/h22-23,36,38-45,61-64H,3-21,24-31H2,1-2H3,(H,49,58)(H,50,59)(H,51,60)(H,65,66)/t38-,39-,40-,41-,42-,43-,44+,45+,47+,48+/m1/s1. The Labute approximate surface area is 466 Å². The number of rotatable bonds is 43. The number of amides is 3.